The second-order valence-corrected chi connectivity index (χ2v) is 10.4. The van der Waals surface area contributed by atoms with E-state index in [2.05, 4.69) is 84.9 Å². The Morgan fingerprint density at radius 1 is 0.640 bits per heavy atom. The molecular weight excluding hydrogens is 407 g/mol. The maximum atomic E-state index is 2.28. The minimum absolute atomic E-state index is 0.300. The number of fused-ring (bicyclic) bond motifs is 3. The Labute approximate surface area is 160 Å². The third kappa shape index (κ3) is 2.74. The van der Waals surface area contributed by atoms with Gasteiger partial charge in [-0.2, -0.15) is 0 Å². The standard InChI is InChI=1S/C22H14S2Se/c1-3-9-15(10-4-1)20-21(25-16-11-5-2-6-12-16)19-17-13-7-8-14-18(17)23-22(19)24-20/h1-14H. The van der Waals surface area contributed by atoms with Gasteiger partial charge in [0.25, 0.3) is 0 Å². The molecule has 25 heavy (non-hydrogen) atoms. The zero-order chi connectivity index (χ0) is 16.6. The van der Waals surface area contributed by atoms with E-state index in [4.69, 9.17) is 0 Å². The van der Waals surface area contributed by atoms with Crippen LogP contribution >= 0.6 is 22.7 Å². The number of thiophene rings is 2. The molecule has 2 heterocycles. The van der Waals surface area contributed by atoms with E-state index in [1.165, 1.54) is 38.9 Å². The summed E-state index contributed by atoms with van der Waals surface area (Å²) in [6.07, 6.45) is 0. The molecule has 0 aliphatic carbocycles. The quantitative estimate of drug-likeness (QED) is 0.341. The first-order chi connectivity index (χ1) is 12.4. The Morgan fingerprint density at radius 2 is 1.32 bits per heavy atom. The molecule has 3 heteroatoms. The van der Waals surface area contributed by atoms with Gasteiger partial charge in [-0.25, -0.2) is 0 Å². The molecule has 0 bridgehead atoms. The monoisotopic (exact) mass is 422 g/mol. The van der Waals surface area contributed by atoms with Crippen LogP contribution in [0.5, 0.6) is 0 Å². The third-order valence-corrected chi connectivity index (χ3v) is 9.33. The molecular formula is C22H14S2Se. The molecule has 0 atom stereocenters. The van der Waals surface area contributed by atoms with Crippen LogP contribution in [0.3, 0.4) is 0 Å². The molecule has 0 fully saturated rings. The molecule has 0 radical (unpaired) electrons. The van der Waals surface area contributed by atoms with Crippen molar-refractivity contribution in [3.8, 4) is 10.4 Å². The van der Waals surface area contributed by atoms with E-state index in [-0.39, 0.29) is 0 Å². The molecule has 0 spiro atoms. The van der Waals surface area contributed by atoms with Gasteiger partial charge in [-0.1, -0.05) is 0 Å². The number of benzene rings is 3. The van der Waals surface area contributed by atoms with Crippen LogP contribution in [-0.2, 0) is 0 Å². The fraction of sp³-hybridized carbons (Fsp3) is 0. The summed E-state index contributed by atoms with van der Waals surface area (Å²) in [5.41, 5.74) is 1.34. The van der Waals surface area contributed by atoms with Crippen molar-refractivity contribution in [1.82, 2.24) is 0 Å². The van der Waals surface area contributed by atoms with Gasteiger partial charge in [0.15, 0.2) is 0 Å². The summed E-state index contributed by atoms with van der Waals surface area (Å²) in [4.78, 5) is 1.44. The molecule has 0 unspecified atom stereocenters. The molecule has 5 rings (SSSR count). The van der Waals surface area contributed by atoms with Crippen LogP contribution in [0, 0.1) is 0 Å². The number of rotatable bonds is 3. The number of hydrogen-bond acceptors (Lipinski definition) is 2. The van der Waals surface area contributed by atoms with Crippen LogP contribution in [-0.4, -0.2) is 15.0 Å². The Kier molecular flexibility index (Phi) is 3.95. The van der Waals surface area contributed by atoms with Gasteiger partial charge in [0, 0.05) is 0 Å². The van der Waals surface area contributed by atoms with E-state index in [0.29, 0.717) is 15.0 Å². The van der Waals surface area contributed by atoms with Gasteiger partial charge in [-0.15, -0.1) is 0 Å². The zero-order valence-electron chi connectivity index (χ0n) is 13.3. The fourth-order valence-electron chi connectivity index (χ4n) is 3.05. The van der Waals surface area contributed by atoms with Gasteiger partial charge in [0.1, 0.15) is 0 Å². The van der Waals surface area contributed by atoms with E-state index in [0.717, 1.165) is 0 Å². The Morgan fingerprint density at radius 3 is 2.12 bits per heavy atom. The predicted molar refractivity (Wildman–Crippen MR) is 114 cm³/mol. The second kappa shape index (κ2) is 6.44. The first kappa shape index (κ1) is 15.4. The summed E-state index contributed by atoms with van der Waals surface area (Å²) < 4.78 is 5.81. The van der Waals surface area contributed by atoms with Crippen LogP contribution in [0.25, 0.3) is 29.9 Å². The van der Waals surface area contributed by atoms with Gasteiger partial charge >= 0.3 is 161 Å². The number of hydrogen-bond donors (Lipinski definition) is 0. The van der Waals surface area contributed by atoms with Crippen molar-refractivity contribution in [1.29, 1.82) is 0 Å². The van der Waals surface area contributed by atoms with Crippen molar-refractivity contribution in [2.75, 3.05) is 0 Å². The SMILES string of the molecule is c1ccc([Se]c2c(-c3ccccc3)sc3sc4ccccc4c23)cc1. The first-order valence-electron chi connectivity index (χ1n) is 8.12. The van der Waals surface area contributed by atoms with Crippen LogP contribution in [0.15, 0.2) is 84.9 Å². The van der Waals surface area contributed by atoms with Gasteiger partial charge < -0.3 is 0 Å². The molecule has 0 saturated carbocycles. The van der Waals surface area contributed by atoms with Crippen LogP contribution in [0.4, 0.5) is 0 Å². The average Bonchev–Trinajstić information content (AvgIpc) is 3.20. The predicted octanol–water partition coefficient (Wildman–Crippen LogP) is 5.44. The van der Waals surface area contributed by atoms with Crippen LogP contribution < -0.4 is 8.92 Å². The fourth-order valence-corrected chi connectivity index (χ4v) is 8.60. The molecule has 0 saturated heterocycles. The van der Waals surface area contributed by atoms with Crippen molar-refractivity contribution < 1.29 is 0 Å². The summed E-state index contributed by atoms with van der Waals surface area (Å²) in [5, 5.41) is 2.89. The van der Waals surface area contributed by atoms with Crippen molar-refractivity contribution in [2.24, 2.45) is 0 Å². The Bertz CT molecular complexity index is 1150. The molecule has 5 aromatic rings. The molecule has 120 valence electrons. The van der Waals surface area contributed by atoms with Gasteiger partial charge in [0.05, 0.1) is 0 Å². The molecule has 3 aromatic carbocycles. The molecule has 0 nitrogen and oxygen atoms in total. The van der Waals surface area contributed by atoms with Gasteiger partial charge in [0.2, 0.25) is 0 Å². The van der Waals surface area contributed by atoms with Gasteiger partial charge in [-0.05, 0) is 0 Å². The normalized spacial score (nSPS) is 11.4. The Hall–Kier alpha value is -1.90. The second-order valence-electron chi connectivity index (χ2n) is 5.80. The summed E-state index contributed by atoms with van der Waals surface area (Å²) in [7, 11) is 0. The van der Waals surface area contributed by atoms with E-state index < -0.39 is 0 Å². The van der Waals surface area contributed by atoms with Crippen LogP contribution in [0.2, 0.25) is 0 Å². The zero-order valence-corrected chi connectivity index (χ0v) is 16.7. The molecule has 0 N–H and O–H groups in total. The molecule has 0 amide bonds. The van der Waals surface area contributed by atoms with Crippen molar-refractivity contribution >= 4 is 66.0 Å². The van der Waals surface area contributed by atoms with E-state index in [9.17, 15) is 0 Å². The Balaban J connectivity index is 1.80. The van der Waals surface area contributed by atoms with E-state index in [1.54, 1.807) is 0 Å². The van der Waals surface area contributed by atoms with Crippen molar-refractivity contribution in [2.45, 2.75) is 0 Å². The minimum atomic E-state index is 0.300. The van der Waals surface area contributed by atoms with Crippen molar-refractivity contribution in [3.05, 3.63) is 84.9 Å². The average molecular weight is 421 g/mol. The first-order valence-corrected chi connectivity index (χ1v) is 11.5. The van der Waals surface area contributed by atoms with E-state index in [1.807, 2.05) is 22.7 Å². The topological polar surface area (TPSA) is 0 Å². The third-order valence-electron chi connectivity index (χ3n) is 4.19. The van der Waals surface area contributed by atoms with Crippen LogP contribution in [0.1, 0.15) is 0 Å². The van der Waals surface area contributed by atoms with Gasteiger partial charge in [-0.3, -0.25) is 0 Å². The summed E-state index contributed by atoms with van der Waals surface area (Å²) in [5.74, 6) is 0. The molecule has 2 aromatic heterocycles. The summed E-state index contributed by atoms with van der Waals surface area (Å²) in [6.45, 7) is 0. The van der Waals surface area contributed by atoms with Crippen molar-refractivity contribution in [3.63, 3.8) is 0 Å². The summed E-state index contributed by atoms with van der Waals surface area (Å²) >= 11 is 4.19. The molecule has 0 aliphatic rings. The molecule has 0 aliphatic heterocycles. The summed E-state index contributed by atoms with van der Waals surface area (Å²) in [6, 6.07) is 30.6. The van der Waals surface area contributed by atoms with E-state index >= 15 is 0 Å². The maximum absolute atomic E-state index is 2.28.